The van der Waals surface area contributed by atoms with E-state index in [2.05, 4.69) is 16.0 Å². The van der Waals surface area contributed by atoms with Crippen molar-refractivity contribution in [2.75, 3.05) is 6.61 Å². The Morgan fingerprint density at radius 1 is 1.07 bits per heavy atom. The van der Waals surface area contributed by atoms with E-state index in [9.17, 15) is 39.3 Å². The molecular formula is C27H40N4O11. The second kappa shape index (κ2) is 15.6. The molecule has 2 unspecified atom stereocenters. The molecule has 0 aromatic heterocycles. The van der Waals surface area contributed by atoms with Gasteiger partial charge in [-0.3, -0.25) is 24.0 Å². The number of carboxylic acid groups (broad SMARTS) is 1. The molecule has 42 heavy (non-hydrogen) atoms. The summed E-state index contributed by atoms with van der Waals surface area (Å²) in [6.45, 7) is 3.66. The maximum absolute atomic E-state index is 13.1. The molecule has 1 fully saturated rings. The Labute approximate surface area is 242 Å². The molecule has 15 heteroatoms. The first-order valence-electron chi connectivity index (χ1n) is 13.4. The van der Waals surface area contributed by atoms with Crippen molar-refractivity contribution in [3.05, 3.63) is 35.9 Å². The average Bonchev–Trinajstić information content (AvgIpc) is 2.93. The fourth-order valence-corrected chi connectivity index (χ4v) is 4.29. The molecule has 7 atom stereocenters. The number of benzene rings is 1. The predicted molar refractivity (Wildman–Crippen MR) is 145 cm³/mol. The molecule has 1 aliphatic heterocycles. The summed E-state index contributed by atoms with van der Waals surface area (Å²) >= 11 is 0. The van der Waals surface area contributed by atoms with Crippen molar-refractivity contribution in [3.8, 4) is 0 Å². The summed E-state index contributed by atoms with van der Waals surface area (Å²) in [6, 6.07) is 4.79. The highest BCUT2D eigenvalue weighted by molar-refractivity contribution is 5.91. The van der Waals surface area contributed by atoms with Gasteiger partial charge in [-0.05, 0) is 18.9 Å². The third-order valence-electron chi connectivity index (χ3n) is 6.76. The lowest BCUT2D eigenvalue weighted by atomic mass is 9.79. The van der Waals surface area contributed by atoms with Gasteiger partial charge in [0.05, 0.1) is 19.6 Å². The van der Waals surface area contributed by atoms with E-state index in [0.29, 0.717) is 0 Å². The minimum absolute atomic E-state index is 0.0316. The number of hydrogen-bond donors (Lipinski definition) is 8. The van der Waals surface area contributed by atoms with E-state index in [1.165, 1.54) is 6.92 Å². The minimum Gasteiger partial charge on any atom is -0.481 e. The summed E-state index contributed by atoms with van der Waals surface area (Å²) in [6.07, 6.45) is -6.25. The van der Waals surface area contributed by atoms with Crippen LogP contribution in [0.3, 0.4) is 0 Å². The molecule has 1 aromatic rings. The summed E-state index contributed by atoms with van der Waals surface area (Å²) in [5, 5.41) is 48.6. The molecule has 1 aliphatic rings. The molecule has 0 spiro atoms. The number of ether oxygens (including phenoxy) is 2. The van der Waals surface area contributed by atoms with Crippen LogP contribution in [-0.4, -0.2) is 98.9 Å². The van der Waals surface area contributed by atoms with Gasteiger partial charge in [-0.15, -0.1) is 0 Å². The number of hydrogen-bond acceptors (Lipinski definition) is 10. The maximum atomic E-state index is 13.1. The summed E-state index contributed by atoms with van der Waals surface area (Å²) < 4.78 is 11.5. The first-order chi connectivity index (χ1) is 19.7. The van der Waals surface area contributed by atoms with Gasteiger partial charge in [0.25, 0.3) is 0 Å². The van der Waals surface area contributed by atoms with Crippen molar-refractivity contribution >= 4 is 29.6 Å². The van der Waals surface area contributed by atoms with Gasteiger partial charge in [0, 0.05) is 12.3 Å². The molecule has 0 radical (unpaired) electrons. The van der Waals surface area contributed by atoms with Gasteiger partial charge < -0.3 is 51.6 Å². The Morgan fingerprint density at radius 3 is 2.26 bits per heavy atom. The third kappa shape index (κ3) is 9.46. The zero-order valence-corrected chi connectivity index (χ0v) is 23.7. The monoisotopic (exact) mass is 596 g/mol. The molecule has 1 heterocycles. The molecule has 0 saturated carbocycles. The minimum atomic E-state index is -2.44. The Balaban J connectivity index is 2.25. The van der Waals surface area contributed by atoms with Gasteiger partial charge in [-0.1, -0.05) is 44.2 Å². The standard InChI is InChI=1S/C27H40N4O11/c1-14(2)24(38)31-21-26(41-13-16-7-5-4-6-8-16)42-18(12-32)22(36)27(21,40)11-19(33)29-15(3)25(39)30-17(23(28)37)9-10-20(34)35/h4-8,14-15,17-18,21-22,26,32,36,40H,9-13H2,1-3H3,(H2,28,37)(H,29,33)(H,30,39)(H,31,38)(H,34,35)/t15?,17?,18-,21+,22-,26+,27-/m1/s1. The average molecular weight is 597 g/mol. The number of carboxylic acids is 1. The van der Waals surface area contributed by atoms with Crippen LogP contribution >= 0.6 is 0 Å². The number of carbonyl (C=O) groups excluding carboxylic acids is 4. The van der Waals surface area contributed by atoms with Crippen molar-refractivity contribution in [1.82, 2.24) is 16.0 Å². The quantitative estimate of drug-likeness (QED) is 0.109. The lowest BCUT2D eigenvalue weighted by molar-refractivity contribution is -0.302. The van der Waals surface area contributed by atoms with Crippen LogP contribution in [0.1, 0.15) is 45.6 Å². The molecular weight excluding hydrogens is 556 g/mol. The molecule has 234 valence electrons. The molecule has 1 saturated heterocycles. The number of nitrogens with one attached hydrogen (secondary N) is 3. The van der Waals surface area contributed by atoms with Crippen molar-refractivity contribution < 1.29 is 53.9 Å². The molecule has 2 rings (SSSR count). The van der Waals surface area contributed by atoms with Gasteiger partial charge in [0.2, 0.25) is 23.6 Å². The maximum Gasteiger partial charge on any atom is 0.303 e. The van der Waals surface area contributed by atoms with E-state index in [0.717, 1.165) is 5.56 Å². The number of aliphatic hydroxyl groups excluding tert-OH is 2. The SMILES string of the molecule is CC(C)C(=O)N[C@H]1[C@@H](OCc2ccccc2)O[C@H](CO)[C@@H](O)[C@@]1(O)CC(=O)NC(C)C(=O)NC(CCC(=O)O)C(N)=O. The number of carbonyl (C=O) groups is 5. The smallest absolute Gasteiger partial charge is 0.303 e. The highest BCUT2D eigenvalue weighted by atomic mass is 16.7. The molecule has 4 amide bonds. The van der Waals surface area contributed by atoms with Crippen molar-refractivity contribution in [1.29, 1.82) is 0 Å². The van der Waals surface area contributed by atoms with Crippen LogP contribution < -0.4 is 21.7 Å². The van der Waals surface area contributed by atoms with E-state index in [1.807, 2.05) is 0 Å². The van der Waals surface area contributed by atoms with Crippen LogP contribution in [0, 0.1) is 5.92 Å². The molecule has 0 bridgehead atoms. The number of primary amides is 1. The number of amides is 4. The van der Waals surface area contributed by atoms with Crippen molar-refractivity contribution in [3.63, 3.8) is 0 Å². The third-order valence-corrected chi connectivity index (χ3v) is 6.76. The highest BCUT2D eigenvalue weighted by Crippen LogP contribution is 2.34. The number of aliphatic carboxylic acids is 1. The lowest BCUT2D eigenvalue weighted by Crippen LogP contribution is -2.73. The molecule has 9 N–H and O–H groups in total. The van der Waals surface area contributed by atoms with Crippen LogP contribution in [-0.2, 0) is 40.1 Å². The van der Waals surface area contributed by atoms with E-state index in [4.69, 9.17) is 20.3 Å². The van der Waals surface area contributed by atoms with Crippen molar-refractivity contribution in [2.24, 2.45) is 11.7 Å². The van der Waals surface area contributed by atoms with E-state index in [1.54, 1.807) is 44.2 Å². The normalized spacial score (nSPS) is 25.2. The number of aliphatic hydroxyl groups is 3. The molecule has 0 aliphatic carbocycles. The number of rotatable bonds is 15. The summed E-state index contributed by atoms with van der Waals surface area (Å²) in [7, 11) is 0. The Hall–Kier alpha value is -3.63. The summed E-state index contributed by atoms with van der Waals surface area (Å²) in [5.41, 5.74) is 3.52. The summed E-state index contributed by atoms with van der Waals surface area (Å²) in [5.74, 6) is -5.08. The number of nitrogens with two attached hydrogens (primary N) is 1. The Morgan fingerprint density at radius 2 is 1.71 bits per heavy atom. The molecule has 15 nitrogen and oxygen atoms in total. The van der Waals surface area contributed by atoms with Crippen molar-refractivity contribution in [2.45, 2.75) is 88.9 Å². The largest absolute Gasteiger partial charge is 0.481 e. The van der Waals surface area contributed by atoms with Gasteiger partial charge in [0.15, 0.2) is 6.29 Å². The van der Waals surface area contributed by atoms with Gasteiger partial charge in [0.1, 0.15) is 35.9 Å². The van der Waals surface area contributed by atoms with Gasteiger partial charge >= 0.3 is 5.97 Å². The van der Waals surface area contributed by atoms with E-state index in [-0.39, 0.29) is 13.0 Å². The highest BCUT2D eigenvalue weighted by Gasteiger charge is 2.57. The van der Waals surface area contributed by atoms with Crippen LogP contribution in [0.5, 0.6) is 0 Å². The molecule has 1 aromatic carbocycles. The second-order valence-electron chi connectivity index (χ2n) is 10.5. The van der Waals surface area contributed by atoms with Crippen LogP contribution in [0.2, 0.25) is 0 Å². The van der Waals surface area contributed by atoms with Gasteiger partial charge in [-0.25, -0.2) is 0 Å². The van der Waals surface area contributed by atoms with E-state index < -0.39 is 97.2 Å². The topological polar surface area (TPSA) is 247 Å². The zero-order valence-electron chi connectivity index (χ0n) is 23.7. The second-order valence-corrected chi connectivity index (χ2v) is 10.5. The zero-order chi connectivity index (χ0) is 31.6. The Bertz CT molecular complexity index is 1100. The fourth-order valence-electron chi connectivity index (χ4n) is 4.29. The lowest BCUT2D eigenvalue weighted by Gasteiger charge is -2.50. The van der Waals surface area contributed by atoms with Crippen LogP contribution in [0.25, 0.3) is 0 Å². The van der Waals surface area contributed by atoms with E-state index >= 15 is 0 Å². The van der Waals surface area contributed by atoms with Crippen LogP contribution in [0.4, 0.5) is 0 Å². The first-order valence-corrected chi connectivity index (χ1v) is 13.4. The van der Waals surface area contributed by atoms with Crippen LogP contribution in [0.15, 0.2) is 30.3 Å². The fraction of sp³-hybridized carbons (Fsp3) is 0.593. The first kappa shape index (κ1) is 34.6. The summed E-state index contributed by atoms with van der Waals surface area (Å²) in [4.78, 5) is 60.8. The van der Waals surface area contributed by atoms with Gasteiger partial charge in [-0.2, -0.15) is 0 Å². The predicted octanol–water partition coefficient (Wildman–Crippen LogP) is -2.12. The Kier molecular flexibility index (Phi) is 12.8.